The Hall–Kier alpha value is -0.860. The summed E-state index contributed by atoms with van der Waals surface area (Å²) in [7, 11) is 0. The Bertz CT molecular complexity index is 416. The minimum atomic E-state index is 0.0777. The number of nitrogens with one attached hydrogen (secondary N) is 1. The molecule has 1 heterocycles. The van der Waals surface area contributed by atoms with Crippen LogP contribution in [0.3, 0.4) is 0 Å². The molecule has 0 bridgehead atoms. The van der Waals surface area contributed by atoms with Crippen molar-refractivity contribution in [3.63, 3.8) is 0 Å². The molecule has 2 fully saturated rings. The zero-order valence-electron chi connectivity index (χ0n) is 12.1. The topological polar surface area (TPSA) is 21.3 Å². The van der Waals surface area contributed by atoms with Crippen LogP contribution in [0.5, 0.6) is 0 Å². The summed E-state index contributed by atoms with van der Waals surface area (Å²) in [6.45, 7) is 6.72. The van der Waals surface area contributed by atoms with Gasteiger partial charge in [0, 0.05) is 13.1 Å². The standard InChI is InChI=1S/C17H25NO/c1-16(2)8-10-17(11-9-16)13-18-12-15(19-17)14-6-4-3-5-7-14/h3-7,15,18H,8-13H2,1-2H3. The van der Waals surface area contributed by atoms with Crippen molar-refractivity contribution in [1.29, 1.82) is 0 Å². The van der Waals surface area contributed by atoms with Gasteiger partial charge in [-0.1, -0.05) is 44.2 Å². The minimum Gasteiger partial charge on any atom is -0.364 e. The SMILES string of the molecule is CC1(C)CCC2(CC1)CNCC(c1ccccc1)O2. The molecule has 104 valence electrons. The van der Waals surface area contributed by atoms with Gasteiger partial charge in [0.25, 0.3) is 0 Å². The molecule has 0 radical (unpaired) electrons. The second-order valence-electron chi connectivity index (χ2n) is 7.00. The van der Waals surface area contributed by atoms with E-state index in [0.29, 0.717) is 5.41 Å². The number of hydrogen-bond acceptors (Lipinski definition) is 2. The molecular formula is C17H25NO. The molecule has 1 aromatic rings. The van der Waals surface area contributed by atoms with Crippen LogP contribution in [0.15, 0.2) is 30.3 Å². The van der Waals surface area contributed by atoms with Gasteiger partial charge in [0.2, 0.25) is 0 Å². The molecule has 1 aromatic carbocycles. The summed E-state index contributed by atoms with van der Waals surface area (Å²) in [6, 6.07) is 10.6. The van der Waals surface area contributed by atoms with Gasteiger partial charge in [0.05, 0.1) is 11.7 Å². The molecule has 0 aromatic heterocycles. The zero-order chi connectivity index (χ0) is 13.3. The molecule has 2 nitrogen and oxygen atoms in total. The predicted molar refractivity (Wildman–Crippen MR) is 78.1 cm³/mol. The zero-order valence-corrected chi connectivity index (χ0v) is 12.1. The van der Waals surface area contributed by atoms with Crippen LogP contribution in [0.2, 0.25) is 0 Å². The molecule has 1 spiro atoms. The molecule has 19 heavy (non-hydrogen) atoms. The first kappa shape index (κ1) is 13.1. The van der Waals surface area contributed by atoms with Gasteiger partial charge in [-0.2, -0.15) is 0 Å². The maximum Gasteiger partial charge on any atom is 0.0957 e. The highest BCUT2D eigenvalue weighted by molar-refractivity contribution is 5.19. The molecule has 1 saturated heterocycles. The Morgan fingerprint density at radius 3 is 2.42 bits per heavy atom. The fourth-order valence-electron chi connectivity index (χ4n) is 3.35. The molecule has 1 unspecified atom stereocenters. The van der Waals surface area contributed by atoms with Crippen molar-refractivity contribution in [3.8, 4) is 0 Å². The van der Waals surface area contributed by atoms with Gasteiger partial charge in [-0.15, -0.1) is 0 Å². The highest BCUT2D eigenvalue weighted by atomic mass is 16.5. The molecular weight excluding hydrogens is 234 g/mol. The quantitative estimate of drug-likeness (QED) is 0.830. The average molecular weight is 259 g/mol. The molecule has 1 atom stereocenters. The lowest BCUT2D eigenvalue weighted by molar-refractivity contribution is -0.147. The van der Waals surface area contributed by atoms with Gasteiger partial charge in [0.15, 0.2) is 0 Å². The van der Waals surface area contributed by atoms with Gasteiger partial charge in [-0.05, 0) is 36.7 Å². The van der Waals surface area contributed by atoms with Crippen molar-refractivity contribution in [2.45, 2.75) is 51.2 Å². The molecule has 1 N–H and O–H groups in total. The largest absolute Gasteiger partial charge is 0.364 e. The molecule has 1 aliphatic carbocycles. The lowest BCUT2D eigenvalue weighted by Gasteiger charge is -2.48. The van der Waals surface area contributed by atoms with Gasteiger partial charge in [-0.25, -0.2) is 0 Å². The first-order chi connectivity index (χ1) is 9.09. The second-order valence-corrected chi connectivity index (χ2v) is 7.00. The van der Waals surface area contributed by atoms with E-state index in [9.17, 15) is 0 Å². The molecule has 0 amide bonds. The van der Waals surface area contributed by atoms with Crippen molar-refractivity contribution in [2.24, 2.45) is 5.41 Å². The van der Waals surface area contributed by atoms with Crippen molar-refractivity contribution in [1.82, 2.24) is 5.32 Å². The van der Waals surface area contributed by atoms with E-state index in [1.807, 2.05) is 0 Å². The van der Waals surface area contributed by atoms with E-state index in [0.717, 1.165) is 13.1 Å². The molecule has 1 aliphatic heterocycles. The normalized spacial score (nSPS) is 29.3. The third-order valence-electron chi connectivity index (χ3n) is 4.86. The Labute approximate surface area is 116 Å². The van der Waals surface area contributed by atoms with Crippen molar-refractivity contribution in [2.75, 3.05) is 13.1 Å². The number of benzene rings is 1. The number of morpholine rings is 1. The van der Waals surface area contributed by atoms with E-state index in [1.54, 1.807) is 0 Å². The monoisotopic (exact) mass is 259 g/mol. The summed E-state index contributed by atoms with van der Waals surface area (Å²) in [4.78, 5) is 0. The van der Waals surface area contributed by atoms with Crippen LogP contribution in [0.4, 0.5) is 0 Å². The Balaban J connectivity index is 1.72. The van der Waals surface area contributed by atoms with Crippen LogP contribution in [0, 0.1) is 5.41 Å². The number of ether oxygens (including phenoxy) is 1. The van der Waals surface area contributed by atoms with Crippen LogP contribution in [-0.2, 0) is 4.74 Å². The van der Waals surface area contributed by atoms with Gasteiger partial charge in [-0.3, -0.25) is 0 Å². The third-order valence-corrected chi connectivity index (χ3v) is 4.86. The van der Waals surface area contributed by atoms with Crippen LogP contribution < -0.4 is 5.32 Å². The first-order valence-electron chi connectivity index (χ1n) is 7.52. The third kappa shape index (κ3) is 2.85. The Morgan fingerprint density at radius 2 is 1.74 bits per heavy atom. The summed E-state index contributed by atoms with van der Waals surface area (Å²) >= 11 is 0. The van der Waals surface area contributed by atoms with E-state index >= 15 is 0 Å². The van der Waals surface area contributed by atoms with E-state index in [2.05, 4.69) is 49.5 Å². The fraction of sp³-hybridized carbons (Fsp3) is 0.647. The molecule has 2 heteroatoms. The Kier molecular flexibility index (Phi) is 3.40. The molecule has 3 rings (SSSR count). The Morgan fingerprint density at radius 1 is 1.05 bits per heavy atom. The van der Waals surface area contributed by atoms with Crippen LogP contribution in [0.25, 0.3) is 0 Å². The number of rotatable bonds is 1. The minimum absolute atomic E-state index is 0.0777. The van der Waals surface area contributed by atoms with E-state index in [-0.39, 0.29) is 11.7 Å². The summed E-state index contributed by atoms with van der Waals surface area (Å²) in [5.74, 6) is 0. The van der Waals surface area contributed by atoms with Gasteiger partial charge >= 0.3 is 0 Å². The summed E-state index contributed by atoms with van der Waals surface area (Å²) in [5, 5.41) is 3.60. The van der Waals surface area contributed by atoms with Crippen molar-refractivity contribution >= 4 is 0 Å². The van der Waals surface area contributed by atoms with E-state index in [4.69, 9.17) is 4.74 Å². The smallest absolute Gasteiger partial charge is 0.0957 e. The maximum atomic E-state index is 6.53. The van der Waals surface area contributed by atoms with Gasteiger partial charge in [0.1, 0.15) is 0 Å². The van der Waals surface area contributed by atoms with Crippen LogP contribution >= 0.6 is 0 Å². The van der Waals surface area contributed by atoms with Crippen LogP contribution in [0.1, 0.15) is 51.2 Å². The van der Waals surface area contributed by atoms with Gasteiger partial charge < -0.3 is 10.1 Å². The first-order valence-corrected chi connectivity index (χ1v) is 7.52. The lowest BCUT2D eigenvalue weighted by Crippen LogP contribution is -2.53. The van der Waals surface area contributed by atoms with E-state index < -0.39 is 0 Å². The summed E-state index contributed by atoms with van der Waals surface area (Å²) in [5.41, 5.74) is 1.88. The predicted octanol–water partition coefficient (Wildman–Crippen LogP) is 3.69. The highest BCUT2D eigenvalue weighted by Gasteiger charge is 2.42. The second kappa shape index (κ2) is 4.92. The summed E-state index contributed by atoms with van der Waals surface area (Å²) < 4.78 is 6.53. The highest BCUT2D eigenvalue weighted by Crippen LogP contribution is 2.44. The van der Waals surface area contributed by atoms with E-state index in [1.165, 1.54) is 31.2 Å². The number of hydrogen-bond donors (Lipinski definition) is 1. The average Bonchev–Trinajstić information content (AvgIpc) is 2.44. The van der Waals surface area contributed by atoms with Crippen molar-refractivity contribution in [3.05, 3.63) is 35.9 Å². The van der Waals surface area contributed by atoms with Crippen LogP contribution in [-0.4, -0.2) is 18.7 Å². The fourth-order valence-corrected chi connectivity index (χ4v) is 3.35. The summed E-state index contributed by atoms with van der Waals surface area (Å²) in [6.07, 6.45) is 5.15. The maximum absolute atomic E-state index is 6.53. The molecule has 1 saturated carbocycles. The molecule has 2 aliphatic rings. The van der Waals surface area contributed by atoms with Crippen molar-refractivity contribution < 1.29 is 4.74 Å². The lowest BCUT2D eigenvalue weighted by atomic mass is 9.70.